The van der Waals surface area contributed by atoms with Crippen molar-refractivity contribution >= 4 is 23.4 Å². The highest BCUT2D eigenvalue weighted by atomic mass is 32.2. The molecular weight excluding hydrogens is 324 g/mol. The van der Waals surface area contributed by atoms with Crippen LogP contribution in [0, 0.1) is 0 Å². The Labute approximate surface area is 143 Å². The van der Waals surface area contributed by atoms with Gasteiger partial charge in [-0.3, -0.25) is 4.79 Å². The maximum absolute atomic E-state index is 12.3. The second-order valence-corrected chi connectivity index (χ2v) is 5.81. The third kappa shape index (κ3) is 3.57. The zero-order valence-electron chi connectivity index (χ0n) is 13.3. The van der Waals surface area contributed by atoms with Gasteiger partial charge in [0.1, 0.15) is 5.75 Å². The lowest BCUT2D eigenvalue weighted by molar-refractivity contribution is 0.102. The first kappa shape index (κ1) is 16.1. The SMILES string of the molecule is COc1ccc(-n2cc(C(=O)Nc3cccc(SC)c3)nn2)cc1. The van der Waals surface area contributed by atoms with E-state index in [1.165, 1.54) is 0 Å². The number of nitrogens with one attached hydrogen (secondary N) is 1. The Morgan fingerprint density at radius 3 is 2.71 bits per heavy atom. The van der Waals surface area contributed by atoms with Crippen molar-refractivity contribution in [1.29, 1.82) is 0 Å². The molecule has 1 N–H and O–H groups in total. The molecule has 0 aliphatic carbocycles. The minimum absolute atomic E-state index is 0.250. The van der Waals surface area contributed by atoms with Crippen LogP contribution >= 0.6 is 11.8 Å². The predicted octanol–water partition coefficient (Wildman–Crippen LogP) is 3.25. The number of carbonyl (C=O) groups excluding carboxylic acids is 1. The van der Waals surface area contributed by atoms with Gasteiger partial charge in [-0.25, -0.2) is 4.68 Å². The number of amides is 1. The van der Waals surface area contributed by atoms with E-state index in [1.807, 2.05) is 54.8 Å². The standard InChI is InChI=1S/C17H16N4O2S/c1-23-14-8-6-13(7-9-14)21-11-16(19-20-21)17(22)18-12-4-3-5-15(10-12)24-2/h3-11H,1-2H3,(H,18,22). The summed E-state index contributed by atoms with van der Waals surface area (Å²) in [4.78, 5) is 13.4. The molecule has 0 unspecified atom stereocenters. The molecule has 0 saturated heterocycles. The van der Waals surface area contributed by atoms with Crippen LogP contribution in [0.15, 0.2) is 59.6 Å². The molecule has 0 aliphatic rings. The van der Waals surface area contributed by atoms with Crippen LogP contribution in [0.2, 0.25) is 0 Å². The fourth-order valence-electron chi connectivity index (χ4n) is 2.12. The van der Waals surface area contributed by atoms with Gasteiger partial charge in [0, 0.05) is 10.6 Å². The Balaban J connectivity index is 1.75. The molecule has 0 spiro atoms. The fourth-order valence-corrected chi connectivity index (χ4v) is 2.58. The van der Waals surface area contributed by atoms with E-state index in [0.29, 0.717) is 0 Å². The summed E-state index contributed by atoms with van der Waals surface area (Å²) >= 11 is 1.62. The molecule has 1 heterocycles. The molecule has 0 fully saturated rings. The van der Waals surface area contributed by atoms with Gasteiger partial charge in [-0.05, 0) is 48.7 Å². The second kappa shape index (κ2) is 7.18. The van der Waals surface area contributed by atoms with Crippen molar-refractivity contribution in [2.24, 2.45) is 0 Å². The summed E-state index contributed by atoms with van der Waals surface area (Å²) in [5.41, 5.74) is 1.78. The molecule has 1 aromatic heterocycles. The lowest BCUT2D eigenvalue weighted by atomic mass is 10.3. The summed E-state index contributed by atoms with van der Waals surface area (Å²) in [5.74, 6) is 0.457. The lowest BCUT2D eigenvalue weighted by Crippen LogP contribution is -2.12. The van der Waals surface area contributed by atoms with E-state index in [-0.39, 0.29) is 11.6 Å². The molecule has 3 aromatic rings. The molecule has 0 bridgehead atoms. The predicted molar refractivity (Wildman–Crippen MR) is 94.1 cm³/mol. The first-order valence-electron chi connectivity index (χ1n) is 7.22. The topological polar surface area (TPSA) is 69.0 Å². The number of methoxy groups -OCH3 is 1. The van der Waals surface area contributed by atoms with Gasteiger partial charge in [0.05, 0.1) is 19.0 Å². The third-order valence-corrected chi connectivity index (χ3v) is 4.12. The van der Waals surface area contributed by atoms with Crippen molar-refractivity contribution < 1.29 is 9.53 Å². The smallest absolute Gasteiger partial charge is 0.277 e. The molecule has 0 aliphatic heterocycles. The molecule has 3 rings (SSSR count). The fraction of sp³-hybridized carbons (Fsp3) is 0.118. The van der Waals surface area contributed by atoms with Gasteiger partial charge in [-0.15, -0.1) is 16.9 Å². The lowest BCUT2D eigenvalue weighted by Gasteiger charge is -2.04. The van der Waals surface area contributed by atoms with Crippen LogP contribution < -0.4 is 10.1 Å². The summed E-state index contributed by atoms with van der Waals surface area (Å²) in [6, 6.07) is 15.0. The van der Waals surface area contributed by atoms with Crippen LogP contribution in [0.4, 0.5) is 5.69 Å². The second-order valence-electron chi connectivity index (χ2n) is 4.93. The Morgan fingerprint density at radius 1 is 1.21 bits per heavy atom. The average molecular weight is 340 g/mol. The Hall–Kier alpha value is -2.80. The van der Waals surface area contributed by atoms with Crippen LogP contribution in [0.1, 0.15) is 10.5 Å². The van der Waals surface area contributed by atoms with E-state index in [4.69, 9.17) is 4.74 Å². The van der Waals surface area contributed by atoms with Crippen LogP contribution in [0.5, 0.6) is 5.75 Å². The Bertz CT molecular complexity index is 846. The van der Waals surface area contributed by atoms with Gasteiger partial charge in [-0.2, -0.15) is 0 Å². The molecule has 0 atom stereocenters. The van der Waals surface area contributed by atoms with Crippen molar-refractivity contribution in [3.05, 3.63) is 60.4 Å². The molecule has 122 valence electrons. The minimum Gasteiger partial charge on any atom is -0.497 e. The van der Waals surface area contributed by atoms with Crippen molar-refractivity contribution in [2.75, 3.05) is 18.7 Å². The van der Waals surface area contributed by atoms with Gasteiger partial charge in [0.2, 0.25) is 0 Å². The number of nitrogens with zero attached hydrogens (tertiary/aromatic N) is 3. The number of ether oxygens (including phenoxy) is 1. The van der Waals surface area contributed by atoms with Crippen LogP contribution in [0.3, 0.4) is 0 Å². The maximum atomic E-state index is 12.3. The number of aromatic nitrogens is 3. The summed E-state index contributed by atoms with van der Waals surface area (Å²) in [6.07, 6.45) is 3.58. The largest absolute Gasteiger partial charge is 0.497 e. The highest BCUT2D eigenvalue weighted by Gasteiger charge is 2.12. The summed E-state index contributed by atoms with van der Waals surface area (Å²) in [6.45, 7) is 0. The van der Waals surface area contributed by atoms with Crippen molar-refractivity contribution in [3.63, 3.8) is 0 Å². The van der Waals surface area contributed by atoms with E-state index < -0.39 is 0 Å². The van der Waals surface area contributed by atoms with Gasteiger partial charge in [0.25, 0.3) is 5.91 Å². The average Bonchev–Trinajstić information content (AvgIpc) is 3.12. The number of carbonyl (C=O) groups is 1. The maximum Gasteiger partial charge on any atom is 0.277 e. The van der Waals surface area contributed by atoms with E-state index >= 15 is 0 Å². The molecule has 6 nitrogen and oxygen atoms in total. The quantitative estimate of drug-likeness (QED) is 0.722. The molecule has 0 radical (unpaired) electrons. The Morgan fingerprint density at radius 2 is 2.00 bits per heavy atom. The number of rotatable bonds is 5. The van der Waals surface area contributed by atoms with E-state index in [2.05, 4.69) is 15.6 Å². The first-order valence-corrected chi connectivity index (χ1v) is 8.44. The van der Waals surface area contributed by atoms with Gasteiger partial charge in [0.15, 0.2) is 5.69 Å². The Kier molecular flexibility index (Phi) is 4.81. The number of thioether (sulfide) groups is 1. The van der Waals surface area contributed by atoms with Crippen LogP contribution in [0.25, 0.3) is 5.69 Å². The van der Waals surface area contributed by atoms with E-state index in [1.54, 1.807) is 29.8 Å². The number of benzene rings is 2. The van der Waals surface area contributed by atoms with Crippen molar-refractivity contribution in [1.82, 2.24) is 15.0 Å². The van der Waals surface area contributed by atoms with E-state index in [0.717, 1.165) is 22.0 Å². The normalized spacial score (nSPS) is 10.4. The zero-order valence-corrected chi connectivity index (χ0v) is 14.1. The minimum atomic E-state index is -0.298. The molecule has 2 aromatic carbocycles. The zero-order chi connectivity index (χ0) is 16.9. The summed E-state index contributed by atoms with van der Waals surface area (Å²) < 4.78 is 6.67. The first-order chi connectivity index (χ1) is 11.7. The highest BCUT2D eigenvalue weighted by Crippen LogP contribution is 2.19. The third-order valence-electron chi connectivity index (χ3n) is 3.39. The van der Waals surface area contributed by atoms with Crippen molar-refractivity contribution in [2.45, 2.75) is 4.90 Å². The molecular formula is C17H16N4O2S. The monoisotopic (exact) mass is 340 g/mol. The van der Waals surface area contributed by atoms with Crippen LogP contribution in [-0.2, 0) is 0 Å². The van der Waals surface area contributed by atoms with Crippen molar-refractivity contribution in [3.8, 4) is 11.4 Å². The summed E-state index contributed by atoms with van der Waals surface area (Å²) in [7, 11) is 1.61. The molecule has 7 heteroatoms. The van der Waals surface area contributed by atoms with Crippen LogP contribution in [-0.4, -0.2) is 34.3 Å². The van der Waals surface area contributed by atoms with Gasteiger partial charge < -0.3 is 10.1 Å². The molecule has 24 heavy (non-hydrogen) atoms. The van der Waals surface area contributed by atoms with E-state index in [9.17, 15) is 4.79 Å². The highest BCUT2D eigenvalue weighted by molar-refractivity contribution is 7.98. The number of anilines is 1. The molecule has 0 saturated carbocycles. The number of hydrogen-bond acceptors (Lipinski definition) is 5. The van der Waals surface area contributed by atoms with Gasteiger partial charge >= 0.3 is 0 Å². The summed E-state index contributed by atoms with van der Waals surface area (Å²) in [5, 5.41) is 10.8. The molecule has 1 amide bonds. The van der Waals surface area contributed by atoms with Gasteiger partial charge in [-0.1, -0.05) is 11.3 Å². The number of hydrogen-bond donors (Lipinski definition) is 1.